The van der Waals surface area contributed by atoms with Gasteiger partial charge in [-0.2, -0.15) is 5.10 Å². The lowest BCUT2D eigenvalue weighted by molar-refractivity contribution is 0.614. The topological polar surface area (TPSA) is 40.7 Å². The smallest absolute Gasteiger partial charge is 0.0563 e. The van der Waals surface area contributed by atoms with Gasteiger partial charge in [0.25, 0.3) is 0 Å². The first kappa shape index (κ1) is 4.99. The van der Waals surface area contributed by atoms with Crippen molar-refractivity contribution < 1.29 is 0 Å². The summed E-state index contributed by atoms with van der Waals surface area (Å²) in [6.07, 6.45) is 1.88. The molecule has 1 aromatic rings. The third-order valence-electron chi connectivity index (χ3n) is 1.78. The molecule has 1 aliphatic heterocycles. The van der Waals surface area contributed by atoms with Gasteiger partial charge in [0, 0.05) is 18.2 Å². The van der Waals surface area contributed by atoms with E-state index in [9.17, 15) is 0 Å². The minimum Gasteiger partial charge on any atom is -0.305 e. The Morgan fingerprint density at radius 3 is 3.44 bits per heavy atom. The minimum absolute atomic E-state index is 0.461. The number of rotatable bonds is 0. The maximum Gasteiger partial charge on any atom is 0.0563 e. The normalized spacial score (nSPS) is 24.3. The van der Waals surface area contributed by atoms with Gasteiger partial charge in [-0.25, -0.2) is 0 Å². The van der Waals surface area contributed by atoms with Crippen LogP contribution in [0, 0.1) is 0 Å². The molecule has 2 rings (SSSR count). The van der Waals surface area contributed by atoms with Crippen molar-refractivity contribution in [1.29, 1.82) is 0 Å². The maximum atomic E-state index is 3.93. The number of nitrogens with zero attached hydrogens (tertiary/aromatic N) is 1. The standard InChI is InChI=1S/C6H9N3/c1-4-6-5(2-7-4)3-8-9-6/h3-4,7H,2H2,1H3,(H,8,9)/t4-/m1/s1. The number of fused-ring (bicyclic) bond motifs is 1. The first-order valence-electron chi connectivity index (χ1n) is 3.13. The largest absolute Gasteiger partial charge is 0.305 e. The van der Waals surface area contributed by atoms with Crippen molar-refractivity contribution in [1.82, 2.24) is 15.5 Å². The second kappa shape index (κ2) is 1.57. The van der Waals surface area contributed by atoms with E-state index in [1.54, 1.807) is 0 Å². The molecule has 1 aromatic heterocycles. The van der Waals surface area contributed by atoms with Crippen molar-refractivity contribution in [2.45, 2.75) is 19.5 Å². The zero-order valence-electron chi connectivity index (χ0n) is 5.31. The van der Waals surface area contributed by atoms with E-state index in [0.29, 0.717) is 6.04 Å². The Balaban J connectivity index is 2.49. The summed E-state index contributed by atoms with van der Waals surface area (Å²) in [5.74, 6) is 0. The van der Waals surface area contributed by atoms with E-state index in [1.807, 2.05) is 6.20 Å². The highest BCUT2D eigenvalue weighted by molar-refractivity contribution is 5.23. The lowest BCUT2D eigenvalue weighted by atomic mass is 10.2. The molecule has 1 atom stereocenters. The van der Waals surface area contributed by atoms with Crippen LogP contribution in [0.2, 0.25) is 0 Å². The first-order valence-corrected chi connectivity index (χ1v) is 3.13. The SMILES string of the molecule is C[C@H]1NCc2cn[nH]c21. The Bertz CT molecular complexity index is 216. The highest BCUT2D eigenvalue weighted by atomic mass is 15.1. The van der Waals surface area contributed by atoms with Crippen molar-refractivity contribution in [2.75, 3.05) is 0 Å². The molecule has 0 bridgehead atoms. The molecular formula is C6H9N3. The molecular weight excluding hydrogens is 114 g/mol. The number of hydrogen-bond acceptors (Lipinski definition) is 2. The van der Waals surface area contributed by atoms with E-state index >= 15 is 0 Å². The van der Waals surface area contributed by atoms with Gasteiger partial charge in [-0.1, -0.05) is 0 Å². The maximum absolute atomic E-state index is 3.93. The van der Waals surface area contributed by atoms with Crippen LogP contribution in [0.1, 0.15) is 24.2 Å². The molecule has 2 heterocycles. The first-order chi connectivity index (χ1) is 4.38. The molecule has 0 radical (unpaired) electrons. The van der Waals surface area contributed by atoms with Crippen molar-refractivity contribution in [3.05, 3.63) is 17.5 Å². The molecule has 0 saturated carbocycles. The molecule has 0 saturated heterocycles. The molecule has 9 heavy (non-hydrogen) atoms. The zero-order valence-corrected chi connectivity index (χ0v) is 5.31. The fourth-order valence-corrected chi connectivity index (χ4v) is 1.20. The summed E-state index contributed by atoms with van der Waals surface area (Å²) in [6.45, 7) is 3.09. The van der Waals surface area contributed by atoms with E-state index in [-0.39, 0.29) is 0 Å². The highest BCUT2D eigenvalue weighted by Gasteiger charge is 2.18. The Labute approximate surface area is 53.5 Å². The summed E-state index contributed by atoms with van der Waals surface area (Å²) in [6, 6.07) is 0.461. The second-order valence-electron chi connectivity index (χ2n) is 2.41. The number of aromatic nitrogens is 2. The third kappa shape index (κ3) is 0.580. The van der Waals surface area contributed by atoms with Crippen molar-refractivity contribution >= 4 is 0 Å². The molecule has 0 aliphatic carbocycles. The van der Waals surface area contributed by atoms with Crippen LogP contribution in [0.25, 0.3) is 0 Å². The molecule has 0 fully saturated rings. The molecule has 2 N–H and O–H groups in total. The lowest BCUT2D eigenvalue weighted by Crippen LogP contribution is -2.08. The molecule has 0 spiro atoms. The van der Waals surface area contributed by atoms with Crippen LogP contribution in [-0.4, -0.2) is 10.2 Å². The summed E-state index contributed by atoms with van der Waals surface area (Å²) in [5.41, 5.74) is 2.55. The molecule has 0 aromatic carbocycles. The van der Waals surface area contributed by atoms with Crippen LogP contribution in [0.3, 0.4) is 0 Å². The Kier molecular flexibility index (Phi) is 0.873. The number of H-pyrrole nitrogens is 1. The zero-order chi connectivity index (χ0) is 6.27. The van der Waals surface area contributed by atoms with E-state index < -0.39 is 0 Å². The van der Waals surface area contributed by atoms with Crippen LogP contribution >= 0.6 is 0 Å². The third-order valence-corrected chi connectivity index (χ3v) is 1.78. The van der Waals surface area contributed by atoms with Gasteiger partial charge in [0.15, 0.2) is 0 Å². The molecule has 1 aliphatic rings. The summed E-state index contributed by atoms with van der Waals surface area (Å²) >= 11 is 0. The van der Waals surface area contributed by atoms with E-state index in [2.05, 4.69) is 22.4 Å². The summed E-state index contributed by atoms with van der Waals surface area (Å²) in [7, 11) is 0. The Morgan fingerprint density at radius 1 is 1.78 bits per heavy atom. The number of hydrogen-bond donors (Lipinski definition) is 2. The van der Waals surface area contributed by atoms with Gasteiger partial charge in [-0.3, -0.25) is 5.10 Å². The predicted molar refractivity (Wildman–Crippen MR) is 33.8 cm³/mol. The molecule has 0 amide bonds. The average molecular weight is 123 g/mol. The number of aromatic amines is 1. The van der Waals surface area contributed by atoms with Crippen molar-refractivity contribution in [2.24, 2.45) is 0 Å². The quantitative estimate of drug-likeness (QED) is 0.529. The van der Waals surface area contributed by atoms with Gasteiger partial charge in [-0.05, 0) is 6.92 Å². The Hall–Kier alpha value is -0.830. The lowest BCUT2D eigenvalue weighted by Gasteiger charge is -1.98. The van der Waals surface area contributed by atoms with Crippen LogP contribution in [0.4, 0.5) is 0 Å². The summed E-state index contributed by atoms with van der Waals surface area (Å²) in [4.78, 5) is 0. The van der Waals surface area contributed by atoms with Crippen molar-refractivity contribution in [3.63, 3.8) is 0 Å². The second-order valence-corrected chi connectivity index (χ2v) is 2.41. The average Bonchev–Trinajstić information content (AvgIpc) is 2.35. The van der Waals surface area contributed by atoms with Gasteiger partial charge < -0.3 is 5.32 Å². The van der Waals surface area contributed by atoms with Crippen LogP contribution in [0.15, 0.2) is 6.20 Å². The van der Waals surface area contributed by atoms with Crippen LogP contribution in [-0.2, 0) is 6.54 Å². The summed E-state index contributed by atoms with van der Waals surface area (Å²) < 4.78 is 0. The van der Waals surface area contributed by atoms with Gasteiger partial charge in [0.1, 0.15) is 0 Å². The molecule has 0 unspecified atom stereocenters. The van der Waals surface area contributed by atoms with Gasteiger partial charge in [-0.15, -0.1) is 0 Å². The van der Waals surface area contributed by atoms with E-state index in [0.717, 1.165) is 6.54 Å². The molecule has 3 nitrogen and oxygen atoms in total. The van der Waals surface area contributed by atoms with Crippen LogP contribution in [0.5, 0.6) is 0 Å². The van der Waals surface area contributed by atoms with Gasteiger partial charge in [0.05, 0.1) is 11.9 Å². The van der Waals surface area contributed by atoms with Gasteiger partial charge in [0.2, 0.25) is 0 Å². The fourth-order valence-electron chi connectivity index (χ4n) is 1.20. The van der Waals surface area contributed by atoms with E-state index in [1.165, 1.54) is 11.3 Å². The number of nitrogens with one attached hydrogen (secondary N) is 2. The predicted octanol–water partition coefficient (Wildman–Crippen LogP) is 0.574. The van der Waals surface area contributed by atoms with Gasteiger partial charge >= 0.3 is 0 Å². The Morgan fingerprint density at radius 2 is 2.67 bits per heavy atom. The van der Waals surface area contributed by atoms with Crippen LogP contribution < -0.4 is 5.32 Å². The fraction of sp³-hybridized carbons (Fsp3) is 0.500. The minimum atomic E-state index is 0.461. The summed E-state index contributed by atoms with van der Waals surface area (Å²) in [5, 5.41) is 10.2. The highest BCUT2D eigenvalue weighted by Crippen LogP contribution is 2.20. The molecule has 3 heteroatoms. The monoisotopic (exact) mass is 123 g/mol. The van der Waals surface area contributed by atoms with Crippen molar-refractivity contribution in [3.8, 4) is 0 Å². The van der Waals surface area contributed by atoms with E-state index in [4.69, 9.17) is 0 Å². The molecule has 48 valence electrons.